The molecule has 0 rings (SSSR count). The largest absolute Gasteiger partial charge is 0.362 e. The van der Waals surface area contributed by atoms with Gasteiger partial charge in [0.2, 0.25) is 5.91 Å². The van der Waals surface area contributed by atoms with E-state index >= 15 is 0 Å². The van der Waals surface area contributed by atoms with E-state index in [-0.39, 0.29) is 29.9 Å². The third-order valence-corrected chi connectivity index (χ3v) is 2.21. The van der Waals surface area contributed by atoms with Crippen molar-refractivity contribution in [2.45, 2.75) is 54.2 Å². The third-order valence-electron chi connectivity index (χ3n) is 2.21. The minimum absolute atomic E-state index is 0.0481. The number of ether oxygens (including phenoxy) is 1. The SMILES string of the molecule is CC(C)(C)C#CCNC(=O)COC(CC(C)(C)C)N=[N+]=[N-]. The molecule has 0 aliphatic heterocycles. The lowest BCUT2D eigenvalue weighted by molar-refractivity contribution is -0.127. The minimum atomic E-state index is -0.638. The third kappa shape index (κ3) is 13.1. The first-order chi connectivity index (χ1) is 9.53. The standard InChI is InChI=1S/C15H26N4O2/c1-14(2,3)8-7-9-17-12(20)11-21-13(18-19-16)10-15(4,5)6/h13H,9-11H2,1-6H3,(H,17,20). The highest BCUT2D eigenvalue weighted by molar-refractivity contribution is 5.77. The fourth-order valence-electron chi connectivity index (χ4n) is 1.39. The smallest absolute Gasteiger partial charge is 0.246 e. The molecule has 1 N–H and O–H groups in total. The molecule has 118 valence electrons. The Morgan fingerprint density at radius 3 is 2.43 bits per heavy atom. The molecule has 0 spiro atoms. The number of azide groups is 1. The zero-order chi connectivity index (χ0) is 16.5. The molecule has 0 aliphatic rings. The first-order valence-electron chi connectivity index (χ1n) is 6.96. The number of rotatable bonds is 6. The lowest BCUT2D eigenvalue weighted by atomic mass is 9.91. The summed E-state index contributed by atoms with van der Waals surface area (Å²) < 4.78 is 5.34. The van der Waals surface area contributed by atoms with Crippen LogP contribution in [-0.4, -0.2) is 25.3 Å². The van der Waals surface area contributed by atoms with Gasteiger partial charge < -0.3 is 10.1 Å². The van der Waals surface area contributed by atoms with Gasteiger partial charge in [0.1, 0.15) is 12.8 Å². The summed E-state index contributed by atoms with van der Waals surface area (Å²) in [5.74, 6) is 5.64. The van der Waals surface area contributed by atoms with E-state index in [0.29, 0.717) is 6.42 Å². The Labute approximate surface area is 127 Å². The van der Waals surface area contributed by atoms with Crippen molar-refractivity contribution in [2.24, 2.45) is 15.9 Å². The van der Waals surface area contributed by atoms with Crippen molar-refractivity contribution in [2.75, 3.05) is 13.2 Å². The molecule has 0 heterocycles. The van der Waals surface area contributed by atoms with E-state index in [2.05, 4.69) is 27.2 Å². The molecule has 6 nitrogen and oxygen atoms in total. The van der Waals surface area contributed by atoms with Gasteiger partial charge in [-0.2, -0.15) is 0 Å². The van der Waals surface area contributed by atoms with Gasteiger partial charge >= 0.3 is 0 Å². The highest BCUT2D eigenvalue weighted by Gasteiger charge is 2.19. The van der Waals surface area contributed by atoms with Crippen LogP contribution >= 0.6 is 0 Å². The van der Waals surface area contributed by atoms with Crippen molar-refractivity contribution < 1.29 is 9.53 Å². The topological polar surface area (TPSA) is 87.1 Å². The Kier molecular flexibility index (Phi) is 7.86. The number of hydrogen-bond donors (Lipinski definition) is 1. The zero-order valence-corrected chi connectivity index (χ0v) is 13.9. The van der Waals surface area contributed by atoms with E-state index in [4.69, 9.17) is 10.3 Å². The highest BCUT2D eigenvalue weighted by Crippen LogP contribution is 2.23. The van der Waals surface area contributed by atoms with Crippen LogP contribution in [0.3, 0.4) is 0 Å². The number of nitrogens with one attached hydrogen (secondary N) is 1. The summed E-state index contributed by atoms with van der Waals surface area (Å²) in [6, 6.07) is 0. The lowest BCUT2D eigenvalue weighted by Crippen LogP contribution is -2.30. The lowest BCUT2D eigenvalue weighted by Gasteiger charge is -2.22. The molecule has 0 fully saturated rings. The van der Waals surface area contributed by atoms with Crippen molar-refractivity contribution in [3.05, 3.63) is 10.4 Å². The predicted octanol–water partition coefficient (Wildman–Crippen LogP) is 3.24. The Balaban J connectivity index is 4.19. The van der Waals surface area contributed by atoms with Crippen LogP contribution in [0.15, 0.2) is 5.11 Å². The molecule has 6 heteroatoms. The Bertz CT molecular complexity index is 443. The normalized spacial score (nSPS) is 12.7. The van der Waals surface area contributed by atoms with Gasteiger partial charge in [0.15, 0.2) is 0 Å². The zero-order valence-electron chi connectivity index (χ0n) is 13.9. The van der Waals surface area contributed by atoms with Gasteiger partial charge in [0, 0.05) is 10.3 Å². The van der Waals surface area contributed by atoms with E-state index in [0.717, 1.165) is 0 Å². The quantitative estimate of drug-likeness (QED) is 0.353. The summed E-state index contributed by atoms with van der Waals surface area (Å²) in [7, 11) is 0. The maximum atomic E-state index is 11.6. The van der Waals surface area contributed by atoms with Gasteiger partial charge in [-0.1, -0.05) is 37.7 Å². The summed E-state index contributed by atoms with van der Waals surface area (Å²) in [5, 5.41) is 6.20. The Morgan fingerprint density at radius 2 is 1.95 bits per heavy atom. The van der Waals surface area contributed by atoms with Crippen LogP contribution in [0.2, 0.25) is 0 Å². The van der Waals surface area contributed by atoms with Crippen LogP contribution < -0.4 is 5.32 Å². The molecule has 1 amide bonds. The fourth-order valence-corrected chi connectivity index (χ4v) is 1.39. The Morgan fingerprint density at radius 1 is 1.33 bits per heavy atom. The molecule has 0 aromatic heterocycles. The van der Waals surface area contributed by atoms with Gasteiger partial charge in [0.25, 0.3) is 0 Å². The first kappa shape index (κ1) is 19.3. The van der Waals surface area contributed by atoms with Gasteiger partial charge in [-0.3, -0.25) is 4.79 Å². The van der Waals surface area contributed by atoms with E-state index in [1.54, 1.807) is 0 Å². The Hall–Kier alpha value is -1.70. The molecule has 0 aromatic rings. The molecule has 0 saturated heterocycles. The van der Waals surface area contributed by atoms with Gasteiger partial charge in [0.05, 0.1) is 6.54 Å². The monoisotopic (exact) mass is 294 g/mol. The average Bonchev–Trinajstić information content (AvgIpc) is 2.29. The molecular formula is C15H26N4O2. The van der Waals surface area contributed by atoms with Crippen LogP contribution in [0, 0.1) is 22.7 Å². The molecule has 1 atom stereocenters. The average molecular weight is 294 g/mol. The molecule has 1 unspecified atom stereocenters. The molecule has 0 aromatic carbocycles. The van der Waals surface area contributed by atoms with Gasteiger partial charge in [-0.15, -0.1) is 0 Å². The number of carbonyl (C=O) groups excluding carboxylic acids is 1. The van der Waals surface area contributed by atoms with E-state index in [1.165, 1.54) is 0 Å². The van der Waals surface area contributed by atoms with Crippen LogP contribution in [-0.2, 0) is 9.53 Å². The number of hydrogen-bond acceptors (Lipinski definition) is 3. The van der Waals surface area contributed by atoms with Gasteiger partial charge in [-0.25, -0.2) is 0 Å². The van der Waals surface area contributed by atoms with Crippen LogP contribution in [0.5, 0.6) is 0 Å². The second-order valence-corrected chi connectivity index (χ2v) is 7.06. The van der Waals surface area contributed by atoms with E-state index < -0.39 is 6.23 Å². The molecule has 21 heavy (non-hydrogen) atoms. The summed E-state index contributed by atoms with van der Waals surface area (Å²) >= 11 is 0. The van der Waals surface area contributed by atoms with Crippen molar-refractivity contribution in [1.82, 2.24) is 5.32 Å². The minimum Gasteiger partial charge on any atom is -0.362 e. The van der Waals surface area contributed by atoms with Crippen LogP contribution in [0.25, 0.3) is 10.4 Å². The summed E-state index contributed by atoms with van der Waals surface area (Å²) in [4.78, 5) is 14.3. The number of carbonyl (C=O) groups is 1. The maximum Gasteiger partial charge on any atom is 0.246 e. The maximum absolute atomic E-state index is 11.6. The second-order valence-electron chi connectivity index (χ2n) is 7.06. The predicted molar refractivity (Wildman–Crippen MR) is 83.2 cm³/mol. The molecular weight excluding hydrogens is 268 g/mol. The van der Waals surface area contributed by atoms with Crippen molar-refractivity contribution in [3.8, 4) is 11.8 Å². The molecule has 0 bridgehead atoms. The molecule has 0 aliphatic carbocycles. The highest BCUT2D eigenvalue weighted by atomic mass is 16.5. The van der Waals surface area contributed by atoms with Crippen molar-refractivity contribution >= 4 is 5.91 Å². The molecule has 0 radical (unpaired) electrons. The summed E-state index contributed by atoms with van der Waals surface area (Å²) in [5.41, 5.74) is 8.38. The van der Waals surface area contributed by atoms with Gasteiger partial charge in [-0.05, 0) is 38.1 Å². The van der Waals surface area contributed by atoms with Crippen LogP contribution in [0.1, 0.15) is 48.0 Å². The summed E-state index contributed by atoms with van der Waals surface area (Å²) in [6.45, 7) is 12.2. The van der Waals surface area contributed by atoms with Crippen LogP contribution in [0.4, 0.5) is 0 Å². The van der Waals surface area contributed by atoms with Crippen molar-refractivity contribution in [1.29, 1.82) is 0 Å². The second kappa shape index (κ2) is 8.56. The number of amides is 1. The van der Waals surface area contributed by atoms with E-state index in [9.17, 15) is 4.79 Å². The number of nitrogens with zero attached hydrogens (tertiary/aromatic N) is 3. The van der Waals surface area contributed by atoms with Crippen molar-refractivity contribution in [3.63, 3.8) is 0 Å². The van der Waals surface area contributed by atoms with E-state index in [1.807, 2.05) is 41.5 Å². The molecule has 0 saturated carbocycles. The first-order valence-corrected chi connectivity index (χ1v) is 6.96. The summed E-state index contributed by atoms with van der Waals surface area (Å²) in [6.07, 6.45) is -0.0878. The fraction of sp³-hybridized carbons (Fsp3) is 0.800.